The second-order valence-electron chi connectivity index (χ2n) is 6.12. The first-order chi connectivity index (χ1) is 11.3. The monoisotopic (exact) mass is 314 g/mol. The highest BCUT2D eigenvalue weighted by molar-refractivity contribution is 5.53. The molecule has 2 heterocycles. The lowest BCUT2D eigenvalue weighted by atomic mass is 10.1. The first-order valence-corrected chi connectivity index (χ1v) is 8.39. The van der Waals surface area contributed by atoms with Crippen molar-refractivity contribution in [2.24, 2.45) is 0 Å². The zero-order valence-electron chi connectivity index (χ0n) is 14.0. The molecule has 0 amide bonds. The molecule has 2 unspecified atom stereocenters. The molecule has 23 heavy (non-hydrogen) atoms. The van der Waals surface area contributed by atoms with Crippen molar-refractivity contribution in [3.63, 3.8) is 0 Å². The van der Waals surface area contributed by atoms with E-state index in [2.05, 4.69) is 53.4 Å². The van der Waals surface area contributed by atoms with Crippen LogP contribution in [0.25, 0.3) is 0 Å². The van der Waals surface area contributed by atoms with Crippen LogP contribution in [0.1, 0.15) is 25.5 Å². The lowest BCUT2D eigenvalue weighted by molar-refractivity contribution is 0.122. The maximum atomic E-state index is 5.47. The Morgan fingerprint density at radius 1 is 1.17 bits per heavy atom. The van der Waals surface area contributed by atoms with Crippen LogP contribution < -0.4 is 10.2 Å². The summed E-state index contributed by atoms with van der Waals surface area (Å²) in [5.41, 5.74) is 2.66. The van der Waals surface area contributed by atoms with Crippen LogP contribution in [0.5, 0.6) is 0 Å². The van der Waals surface area contributed by atoms with Gasteiger partial charge >= 0.3 is 0 Å². The summed E-state index contributed by atoms with van der Waals surface area (Å²) in [5, 5.41) is 7.99. The molecule has 1 N–H and O–H groups in total. The number of para-hydroxylation sites is 1. The molecular weight excluding hydrogens is 288 g/mol. The number of benzene rings is 1. The van der Waals surface area contributed by atoms with Gasteiger partial charge in [0.1, 0.15) is 0 Å². The fourth-order valence-electron chi connectivity index (χ4n) is 2.97. The van der Waals surface area contributed by atoms with Gasteiger partial charge in [0.25, 0.3) is 0 Å². The summed E-state index contributed by atoms with van der Waals surface area (Å²) < 4.78 is 7.47. The molecule has 1 aliphatic rings. The maximum Gasteiger partial charge on any atom is 0.0642 e. The summed E-state index contributed by atoms with van der Waals surface area (Å²) in [6, 6.07) is 11.3. The van der Waals surface area contributed by atoms with Gasteiger partial charge in [-0.1, -0.05) is 18.2 Å². The molecule has 5 heteroatoms. The fourth-order valence-corrected chi connectivity index (χ4v) is 2.97. The molecule has 124 valence electrons. The van der Waals surface area contributed by atoms with E-state index in [4.69, 9.17) is 4.74 Å². The molecule has 2 aromatic rings. The zero-order valence-corrected chi connectivity index (χ0v) is 14.0. The minimum absolute atomic E-state index is 0.320. The highest BCUT2D eigenvalue weighted by Crippen LogP contribution is 2.22. The summed E-state index contributed by atoms with van der Waals surface area (Å²) in [6.45, 7) is 8.83. The van der Waals surface area contributed by atoms with Gasteiger partial charge in [-0.2, -0.15) is 5.10 Å². The van der Waals surface area contributed by atoms with E-state index in [0.29, 0.717) is 12.1 Å². The summed E-state index contributed by atoms with van der Waals surface area (Å²) in [5.74, 6) is 0. The Morgan fingerprint density at radius 2 is 1.96 bits per heavy atom. The Hall–Kier alpha value is -1.85. The summed E-state index contributed by atoms with van der Waals surface area (Å²) in [7, 11) is 0. The van der Waals surface area contributed by atoms with Crippen LogP contribution >= 0.6 is 0 Å². The molecule has 0 spiro atoms. The number of nitrogens with zero attached hydrogens (tertiary/aromatic N) is 3. The normalized spacial score (nSPS) is 17.9. The molecule has 1 aliphatic heterocycles. The number of hydrogen-bond donors (Lipinski definition) is 1. The van der Waals surface area contributed by atoms with Crippen molar-refractivity contribution >= 4 is 5.69 Å². The third-order valence-corrected chi connectivity index (χ3v) is 4.62. The van der Waals surface area contributed by atoms with Crippen molar-refractivity contribution in [3.8, 4) is 0 Å². The van der Waals surface area contributed by atoms with Crippen molar-refractivity contribution in [2.45, 2.75) is 32.5 Å². The summed E-state index contributed by atoms with van der Waals surface area (Å²) in [6.07, 6.45) is 3.85. The van der Waals surface area contributed by atoms with Gasteiger partial charge in [0.05, 0.1) is 19.3 Å². The molecule has 1 fully saturated rings. The molecule has 0 bridgehead atoms. The number of hydrogen-bond acceptors (Lipinski definition) is 4. The topological polar surface area (TPSA) is 42.3 Å². The average Bonchev–Trinajstić information content (AvgIpc) is 3.14. The van der Waals surface area contributed by atoms with E-state index in [-0.39, 0.29) is 0 Å². The minimum atomic E-state index is 0.320. The third-order valence-electron chi connectivity index (χ3n) is 4.62. The number of anilines is 1. The van der Waals surface area contributed by atoms with Crippen LogP contribution in [0.4, 0.5) is 5.69 Å². The van der Waals surface area contributed by atoms with E-state index in [9.17, 15) is 0 Å². The molecular formula is C18H26N4O. The molecule has 1 saturated heterocycles. The van der Waals surface area contributed by atoms with E-state index in [1.807, 2.05) is 23.1 Å². The van der Waals surface area contributed by atoms with E-state index >= 15 is 0 Å². The Kier molecular flexibility index (Phi) is 5.31. The van der Waals surface area contributed by atoms with Crippen LogP contribution in [0, 0.1) is 0 Å². The van der Waals surface area contributed by atoms with Crippen LogP contribution in [-0.2, 0) is 11.3 Å². The van der Waals surface area contributed by atoms with Gasteiger partial charge in [-0.15, -0.1) is 0 Å². The highest BCUT2D eigenvalue weighted by atomic mass is 16.5. The molecule has 1 aromatic heterocycles. The van der Waals surface area contributed by atoms with Gasteiger partial charge in [-0.05, 0) is 31.5 Å². The molecule has 0 aliphatic carbocycles. The highest BCUT2D eigenvalue weighted by Gasteiger charge is 2.17. The summed E-state index contributed by atoms with van der Waals surface area (Å²) >= 11 is 0. The van der Waals surface area contributed by atoms with Gasteiger partial charge in [-0.25, -0.2) is 0 Å². The number of ether oxygens (including phenoxy) is 1. The first kappa shape index (κ1) is 16.0. The van der Waals surface area contributed by atoms with Crippen molar-refractivity contribution in [1.29, 1.82) is 0 Å². The molecule has 3 rings (SSSR count). The SMILES string of the molecule is CC(NCc1ccccc1N1CCOCC1)C(C)n1cccn1. The Morgan fingerprint density at radius 3 is 2.70 bits per heavy atom. The molecule has 2 atom stereocenters. The van der Waals surface area contributed by atoms with E-state index in [1.165, 1.54) is 11.3 Å². The predicted molar refractivity (Wildman–Crippen MR) is 92.7 cm³/mol. The molecule has 1 aromatic carbocycles. The lowest BCUT2D eigenvalue weighted by Gasteiger charge is -2.31. The largest absolute Gasteiger partial charge is 0.378 e. The van der Waals surface area contributed by atoms with Gasteiger partial charge in [0, 0.05) is 43.8 Å². The zero-order chi connectivity index (χ0) is 16.1. The van der Waals surface area contributed by atoms with Crippen LogP contribution in [0.3, 0.4) is 0 Å². The Bertz CT molecular complexity index is 593. The summed E-state index contributed by atoms with van der Waals surface area (Å²) in [4.78, 5) is 2.42. The fraction of sp³-hybridized carbons (Fsp3) is 0.500. The van der Waals surface area contributed by atoms with Crippen molar-refractivity contribution in [1.82, 2.24) is 15.1 Å². The molecule has 0 saturated carbocycles. The first-order valence-electron chi connectivity index (χ1n) is 8.39. The van der Waals surface area contributed by atoms with Crippen LogP contribution in [-0.4, -0.2) is 42.1 Å². The van der Waals surface area contributed by atoms with Crippen molar-refractivity contribution in [3.05, 3.63) is 48.3 Å². The van der Waals surface area contributed by atoms with Gasteiger partial charge in [-0.3, -0.25) is 4.68 Å². The second-order valence-corrected chi connectivity index (χ2v) is 6.12. The third kappa shape index (κ3) is 3.92. The van der Waals surface area contributed by atoms with E-state index in [0.717, 1.165) is 32.8 Å². The molecule has 5 nitrogen and oxygen atoms in total. The van der Waals surface area contributed by atoms with Crippen molar-refractivity contribution in [2.75, 3.05) is 31.2 Å². The van der Waals surface area contributed by atoms with Crippen molar-refractivity contribution < 1.29 is 4.74 Å². The van der Waals surface area contributed by atoms with E-state index < -0.39 is 0 Å². The van der Waals surface area contributed by atoms with Gasteiger partial charge in [0.15, 0.2) is 0 Å². The van der Waals surface area contributed by atoms with E-state index in [1.54, 1.807) is 0 Å². The quantitative estimate of drug-likeness (QED) is 0.889. The smallest absolute Gasteiger partial charge is 0.0642 e. The number of aromatic nitrogens is 2. The number of nitrogens with one attached hydrogen (secondary N) is 1. The maximum absolute atomic E-state index is 5.47. The number of morpholine rings is 1. The van der Waals surface area contributed by atoms with Gasteiger partial charge in [0.2, 0.25) is 0 Å². The van der Waals surface area contributed by atoms with Gasteiger partial charge < -0.3 is 15.0 Å². The lowest BCUT2D eigenvalue weighted by Crippen LogP contribution is -2.38. The van der Waals surface area contributed by atoms with Crippen LogP contribution in [0.15, 0.2) is 42.7 Å². The minimum Gasteiger partial charge on any atom is -0.378 e. The molecule has 0 radical (unpaired) electrons. The predicted octanol–water partition coefficient (Wildman–Crippen LogP) is 2.46. The number of rotatable bonds is 6. The Balaban J connectivity index is 1.63. The Labute approximate surface area is 138 Å². The second kappa shape index (κ2) is 7.62. The standard InChI is InChI=1S/C18H26N4O/c1-15(16(2)22-9-5-8-20-22)19-14-17-6-3-4-7-18(17)21-10-12-23-13-11-21/h3-9,15-16,19H,10-14H2,1-2H3. The van der Waals surface area contributed by atoms with Crippen LogP contribution in [0.2, 0.25) is 0 Å². The average molecular weight is 314 g/mol.